The summed E-state index contributed by atoms with van der Waals surface area (Å²) < 4.78 is 0.725. The molecule has 21 heavy (non-hydrogen) atoms. The normalized spacial score (nSPS) is 10.9. The predicted octanol–water partition coefficient (Wildman–Crippen LogP) is 2.91. The summed E-state index contributed by atoms with van der Waals surface area (Å²) in [6.45, 7) is 1.54. The van der Waals surface area contributed by atoms with Gasteiger partial charge in [-0.3, -0.25) is 9.59 Å². The first-order chi connectivity index (χ1) is 9.97. The molecule has 0 radical (unpaired) electrons. The summed E-state index contributed by atoms with van der Waals surface area (Å²) in [7, 11) is 0. The van der Waals surface area contributed by atoms with Crippen LogP contribution in [-0.4, -0.2) is 16.7 Å². The zero-order valence-corrected chi connectivity index (χ0v) is 12.7. The molecule has 0 fully saturated rings. The standard InChI is InChI=1S/C14H11N3O2S2/c1-6(18)9-2-3-10(20-9)11-4-7-12(21-11)8(14(16)19)5-17-13(7)15/h2-5H,1H3,(H2,15,17)(H2,16,19). The van der Waals surface area contributed by atoms with E-state index < -0.39 is 5.91 Å². The number of aromatic nitrogens is 1. The van der Waals surface area contributed by atoms with Crippen molar-refractivity contribution in [2.24, 2.45) is 5.73 Å². The van der Waals surface area contributed by atoms with Crippen LogP contribution in [0.5, 0.6) is 0 Å². The van der Waals surface area contributed by atoms with Gasteiger partial charge in [-0.25, -0.2) is 4.98 Å². The second kappa shape index (κ2) is 4.94. The number of amides is 1. The number of anilines is 1. The molecule has 0 atom stereocenters. The number of nitrogens with zero attached hydrogens (tertiary/aromatic N) is 1. The van der Waals surface area contributed by atoms with Crippen molar-refractivity contribution in [2.45, 2.75) is 6.92 Å². The third kappa shape index (κ3) is 2.30. The van der Waals surface area contributed by atoms with Crippen molar-refractivity contribution in [2.75, 3.05) is 5.73 Å². The lowest BCUT2D eigenvalue weighted by atomic mass is 10.2. The average molecular weight is 317 g/mol. The van der Waals surface area contributed by atoms with E-state index in [9.17, 15) is 9.59 Å². The molecule has 3 aromatic rings. The van der Waals surface area contributed by atoms with Crippen molar-refractivity contribution in [3.8, 4) is 9.75 Å². The van der Waals surface area contributed by atoms with Crippen molar-refractivity contribution in [1.29, 1.82) is 0 Å². The predicted molar refractivity (Wildman–Crippen MR) is 85.9 cm³/mol. The van der Waals surface area contributed by atoms with Gasteiger partial charge in [0.05, 0.1) is 15.1 Å². The maximum Gasteiger partial charge on any atom is 0.251 e. The van der Waals surface area contributed by atoms with E-state index in [1.165, 1.54) is 35.8 Å². The molecule has 3 heterocycles. The lowest BCUT2D eigenvalue weighted by molar-refractivity contribution is 0.0998. The molecule has 0 aliphatic carbocycles. The Labute approximate surface area is 128 Å². The minimum atomic E-state index is -0.531. The Bertz CT molecular complexity index is 880. The summed E-state index contributed by atoms with van der Waals surface area (Å²) in [5.41, 5.74) is 11.6. The van der Waals surface area contributed by atoms with Crippen LogP contribution in [0, 0.1) is 0 Å². The smallest absolute Gasteiger partial charge is 0.251 e. The fraction of sp³-hybridized carbons (Fsp3) is 0.0714. The number of hydrogen-bond donors (Lipinski definition) is 2. The third-order valence-corrected chi connectivity index (χ3v) is 5.60. The van der Waals surface area contributed by atoms with Crippen molar-refractivity contribution >= 4 is 50.3 Å². The van der Waals surface area contributed by atoms with Crippen LogP contribution in [0.1, 0.15) is 27.0 Å². The van der Waals surface area contributed by atoms with Crippen LogP contribution in [0.4, 0.5) is 5.82 Å². The van der Waals surface area contributed by atoms with Gasteiger partial charge < -0.3 is 11.5 Å². The van der Waals surface area contributed by atoms with Crippen LogP contribution in [0.15, 0.2) is 24.4 Å². The summed E-state index contributed by atoms with van der Waals surface area (Å²) in [5, 5.41) is 0.712. The van der Waals surface area contributed by atoms with Crippen LogP contribution in [-0.2, 0) is 0 Å². The Kier molecular flexibility index (Phi) is 3.23. The first-order valence-electron chi connectivity index (χ1n) is 6.06. The monoisotopic (exact) mass is 317 g/mol. The van der Waals surface area contributed by atoms with Gasteiger partial charge in [-0.15, -0.1) is 22.7 Å². The molecule has 1 amide bonds. The SMILES string of the molecule is CC(=O)c1ccc(-c2cc3c(N)ncc(C(N)=O)c3s2)s1. The second-order valence-corrected chi connectivity index (χ2v) is 6.63. The lowest BCUT2D eigenvalue weighted by Crippen LogP contribution is -2.11. The number of carbonyl (C=O) groups is 2. The number of ketones is 1. The van der Waals surface area contributed by atoms with E-state index in [4.69, 9.17) is 11.5 Å². The van der Waals surface area contributed by atoms with Crippen molar-refractivity contribution < 1.29 is 9.59 Å². The molecule has 3 rings (SSSR count). The van der Waals surface area contributed by atoms with Crippen LogP contribution < -0.4 is 11.5 Å². The zero-order valence-electron chi connectivity index (χ0n) is 11.0. The van der Waals surface area contributed by atoms with Crippen molar-refractivity contribution in [3.63, 3.8) is 0 Å². The molecule has 0 aromatic carbocycles. The van der Waals surface area contributed by atoms with Gasteiger partial charge in [0.2, 0.25) is 0 Å². The summed E-state index contributed by atoms with van der Waals surface area (Å²) >= 11 is 2.84. The van der Waals surface area contributed by atoms with Crippen molar-refractivity contribution in [3.05, 3.63) is 34.8 Å². The molecular formula is C14H11N3O2S2. The topological polar surface area (TPSA) is 99.1 Å². The van der Waals surface area contributed by atoms with Gasteiger partial charge in [0.25, 0.3) is 5.91 Å². The van der Waals surface area contributed by atoms with Crippen LogP contribution in [0.3, 0.4) is 0 Å². The highest BCUT2D eigenvalue weighted by Crippen LogP contribution is 2.39. The Morgan fingerprint density at radius 3 is 2.57 bits per heavy atom. The average Bonchev–Trinajstić information content (AvgIpc) is 3.05. The fourth-order valence-corrected chi connectivity index (χ4v) is 4.16. The molecule has 0 aliphatic heterocycles. The Hall–Kier alpha value is -2.25. The first-order valence-corrected chi connectivity index (χ1v) is 7.69. The number of nitrogen functional groups attached to an aromatic ring is 1. The summed E-state index contributed by atoms with van der Waals surface area (Å²) in [6, 6.07) is 5.56. The Balaban J connectivity index is 2.20. The largest absolute Gasteiger partial charge is 0.383 e. The molecule has 0 spiro atoms. The molecule has 0 aliphatic rings. The number of carbonyl (C=O) groups excluding carboxylic acids is 2. The van der Waals surface area contributed by atoms with E-state index >= 15 is 0 Å². The van der Waals surface area contributed by atoms with Gasteiger partial charge in [0.15, 0.2) is 5.78 Å². The second-order valence-electron chi connectivity index (χ2n) is 4.49. The van der Waals surface area contributed by atoms with E-state index in [1.54, 1.807) is 6.07 Å². The highest BCUT2D eigenvalue weighted by molar-refractivity contribution is 7.26. The van der Waals surface area contributed by atoms with E-state index in [1.807, 2.05) is 12.1 Å². The Morgan fingerprint density at radius 1 is 1.19 bits per heavy atom. The molecule has 3 aromatic heterocycles. The molecular weight excluding hydrogens is 306 g/mol. The van der Waals surface area contributed by atoms with Crippen molar-refractivity contribution in [1.82, 2.24) is 4.98 Å². The number of thiophene rings is 2. The maximum absolute atomic E-state index is 11.5. The van der Waals surface area contributed by atoms with E-state index in [0.29, 0.717) is 21.6 Å². The summed E-state index contributed by atoms with van der Waals surface area (Å²) in [5.74, 6) is -0.135. The van der Waals surface area contributed by atoms with Gasteiger partial charge >= 0.3 is 0 Å². The molecule has 106 valence electrons. The van der Waals surface area contributed by atoms with Gasteiger partial charge in [-0.2, -0.15) is 0 Å². The molecule has 0 saturated heterocycles. The quantitative estimate of drug-likeness (QED) is 0.725. The molecule has 0 saturated carbocycles. The van der Waals surface area contributed by atoms with Crippen LogP contribution in [0.2, 0.25) is 0 Å². The first kappa shape index (κ1) is 13.7. The summed E-state index contributed by atoms with van der Waals surface area (Å²) in [6.07, 6.45) is 1.40. The van der Waals surface area contributed by atoms with Gasteiger partial charge in [0.1, 0.15) is 5.82 Å². The number of fused-ring (bicyclic) bond motifs is 1. The zero-order chi connectivity index (χ0) is 15.1. The lowest BCUT2D eigenvalue weighted by Gasteiger charge is -1.99. The molecule has 4 N–H and O–H groups in total. The highest BCUT2D eigenvalue weighted by Gasteiger charge is 2.16. The number of hydrogen-bond acceptors (Lipinski definition) is 6. The molecule has 7 heteroatoms. The van der Waals surface area contributed by atoms with Gasteiger partial charge in [-0.05, 0) is 25.1 Å². The number of rotatable bonds is 3. The maximum atomic E-state index is 11.5. The number of primary amides is 1. The third-order valence-electron chi connectivity index (χ3n) is 3.05. The van der Waals surface area contributed by atoms with E-state index in [0.717, 1.165) is 14.5 Å². The summed E-state index contributed by atoms with van der Waals surface area (Å²) in [4.78, 5) is 29.4. The number of pyridine rings is 1. The van der Waals surface area contributed by atoms with E-state index in [2.05, 4.69) is 4.98 Å². The Morgan fingerprint density at radius 2 is 1.95 bits per heavy atom. The fourth-order valence-electron chi connectivity index (χ4n) is 2.00. The molecule has 0 unspecified atom stereocenters. The number of nitrogens with two attached hydrogens (primary N) is 2. The molecule has 0 bridgehead atoms. The van der Waals surface area contributed by atoms with E-state index in [-0.39, 0.29) is 5.78 Å². The minimum Gasteiger partial charge on any atom is -0.383 e. The van der Waals surface area contributed by atoms with Crippen LogP contribution >= 0.6 is 22.7 Å². The molecule has 5 nitrogen and oxygen atoms in total. The number of Topliss-reactive ketones (excluding diaryl/α,β-unsaturated/α-hetero) is 1. The van der Waals surface area contributed by atoms with Gasteiger partial charge in [0, 0.05) is 21.3 Å². The van der Waals surface area contributed by atoms with Gasteiger partial charge in [-0.1, -0.05) is 0 Å². The van der Waals surface area contributed by atoms with Crippen LogP contribution in [0.25, 0.3) is 19.8 Å². The minimum absolute atomic E-state index is 0.0337. The highest BCUT2D eigenvalue weighted by atomic mass is 32.1.